The van der Waals surface area contributed by atoms with Gasteiger partial charge in [-0.05, 0) is 29.8 Å². The fourth-order valence-electron chi connectivity index (χ4n) is 2.13. The summed E-state index contributed by atoms with van der Waals surface area (Å²) < 4.78 is 0. The second kappa shape index (κ2) is 7.30. The molecule has 10 nitrogen and oxygen atoms in total. The van der Waals surface area contributed by atoms with E-state index >= 15 is 0 Å². The molecule has 0 bridgehead atoms. The van der Waals surface area contributed by atoms with Crippen molar-refractivity contribution in [3.63, 3.8) is 0 Å². The normalized spacial score (nSPS) is 10.9. The highest BCUT2D eigenvalue weighted by Crippen LogP contribution is 2.10. The molecule has 2 aromatic heterocycles. The lowest BCUT2D eigenvalue weighted by molar-refractivity contribution is -0.384. The SMILES string of the molecule is O=C(Cc1nc2ncccc2[nH]c1=O)N/N=C/c1ccc([N+](=O)[O-])cc1. The predicted octanol–water partition coefficient (Wildman–Crippen LogP) is 0.919. The number of pyridine rings is 1. The fraction of sp³-hybridized carbons (Fsp3) is 0.0625. The van der Waals surface area contributed by atoms with Crippen LogP contribution in [-0.2, 0) is 11.2 Å². The Morgan fingerprint density at radius 3 is 2.81 bits per heavy atom. The summed E-state index contributed by atoms with van der Waals surface area (Å²) in [5, 5.41) is 14.3. The summed E-state index contributed by atoms with van der Waals surface area (Å²) in [6.07, 6.45) is 2.60. The molecule has 10 heteroatoms. The van der Waals surface area contributed by atoms with E-state index < -0.39 is 16.4 Å². The Morgan fingerprint density at radius 2 is 2.08 bits per heavy atom. The number of nitrogens with one attached hydrogen (secondary N) is 2. The van der Waals surface area contributed by atoms with Crippen LogP contribution in [0.2, 0.25) is 0 Å². The number of aromatic nitrogens is 3. The number of hydrogen-bond donors (Lipinski definition) is 2. The maximum absolute atomic E-state index is 11.9. The van der Waals surface area contributed by atoms with E-state index in [4.69, 9.17) is 0 Å². The molecule has 26 heavy (non-hydrogen) atoms. The number of benzene rings is 1. The predicted molar refractivity (Wildman–Crippen MR) is 92.7 cm³/mol. The van der Waals surface area contributed by atoms with Gasteiger partial charge in [0.15, 0.2) is 5.65 Å². The summed E-state index contributed by atoms with van der Waals surface area (Å²) in [5.41, 5.74) is 3.18. The number of fused-ring (bicyclic) bond motifs is 1. The number of nitro groups is 1. The van der Waals surface area contributed by atoms with Crippen LogP contribution in [0.3, 0.4) is 0 Å². The molecule has 0 saturated heterocycles. The zero-order chi connectivity index (χ0) is 18.5. The maximum Gasteiger partial charge on any atom is 0.270 e. The second-order valence-electron chi connectivity index (χ2n) is 5.21. The van der Waals surface area contributed by atoms with Crippen LogP contribution in [0, 0.1) is 10.1 Å². The van der Waals surface area contributed by atoms with Gasteiger partial charge in [-0.2, -0.15) is 5.10 Å². The average Bonchev–Trinajstić information content (AvgIpc) is 2.63. The minimum atomic E-state index is -0.531. The van der Waals surface area contributed by atoms with Gasteiger partial charge >= 0.3 is 0 Å². The van der Waals surface area contributed by atoms with Crippen LogP contribution in [0.5, 0.6) is 0 Å². The van der Waals surface area contributed by atoms with Crippen molar-refractivity contribution in [1.29, 1.82) is 0 Å². The summed E-state index contributed by atoms with van der Waals surface area (Å²) >= 11 is 0. The number of nitro benzene ring substituents is 1. The van der Waals surface area contributed by atoms with E-state index in [2.05, 4.69) is 25.5 Å². The summed E-state index contributed by atoms with van der Waals surface area (Å²) in [4.78, 5) is 44.6. The Labute approximate surface area is 145 Å². The maximum atomic E-state index is 11.9. The van der Waals surface area contributed by atoms with Crippen LogP contribution in [0.15, 0.2) is 52.5 Å². The first-order valence-electron chi connectivity index (χ1n) is 7.43. The monoisotopic (exact) mass is 352 g/mol. The molecule has 130 valence electrons. The van der Waals surface area contributed by atoms with Crippen molar-refractivity contribution < 1.29 is 9.72 Å². The third kappa shape index (κ3) is 3.93. The molecule has 0 fully saturated rings. The minimum absolute atomic E-state index is 0.0271. The van der Waals surface area contributed by atoms with Gasteiger partial charge in [0.25, 0.3) is 11.2 Å². The molecule has 0 aliphatic carbocycles. The van der Waals surface area contributed by atoms with Gasteiger partial charge in [0.05, 0.1) is 23.1 Å². The molecular weight excluding hydrogens is 340 g/mol. The van der Waals surface area contributed by atoms with Crippen LogP contribution in [0.1, 0.15) is 11.3 Å². The van der Waals surface area contributed by atoms with E-state index in [9.17, 15) is 19.7 Å². The Hall–Kier alpha value is -3.95. The first kappa shape index (κ1) is 16.9. The smallest absolute Gasteiger partial charge is 0.270 e. The van der Waals surface area contributed by atoms with Crippen LogP contribution < -0.4 is 11.0 Å². The number of carbonyl (C=O) groups is 1. The van der Waals surface area contributed by atoms with Gasteiger partial charge in [-0.25, -0.2) is 15.4 Å². The molecule has 2 N–H and O–H groups in total. The molecule has 0 saturated carbocycles. The standard InChI is InChI=1S/C16H12N6O4/c23-14(21-18-9-10-3-5-11(6-4-10)22(25)26)8-13-16(24)20-12-2-1-7-17-15(12)19-13/h1-7,9H,8H2,(H,20,24)(H,21,23)/b18-9+. The quantitative estimate of drug-likeness (QED) is 0.397. The summed E-state index contributed by atoms with van der Waals surface area (Å²) in [7, 11) is 0. The van der Waals surface area contributed by atoms with E-state index in [0.29, 0.717) is 16.7 Å². The molecule has 3 rings (SSSR count). The highest BCUT2D eigenvalue weighted by Gasteiger charge is 2.10. The van der Waals surface area contributed by atoms with Crippen molar-refractivity contribution in [3.05, 3.63) is 74.3 Å². The third-order valence-corrected chi connectivity index (χ3v) is 3.37. The van der Waals surface area contributed by atoms with E-state index in [-0.39, 0.29) is 17.8 Å². The van der Waals surface area contributed by atoms with Crippen LogP contribution >= 0.6 is 0 Å². The largest absolute Gasteiger partial charge is 0.318 e. The lowest BCUT2D eigenvalue weighted by Gasteiger charge is -2.01. The molecule has 0 radical (unpaired) electrons. The van der Waals surface area contributed by atoms with Gasteiger partial charge < -0.3 is 4.98 Å². The van der Waals surface area contributed by atoms with Crippen molar-refractivity contribution in [2.45, 2.75) is 6.42 Å². The number of rotatable bonds is 5. The Bertz CT molecular complexity index is 1060. The van der Waals surface area contributed by atoms with Crippen molar-refractivity contribution in [3.8, 4) is 0 Å². The number of non-ortho nitro benzene ring substituents is 1. The number of aromatic amines is 1. The molecule has 0 spiro atoms. The summed E-state index contributed by atoms with van der Waals surface area (Å²) in [6, 6.07) is 8.97. The van der Waals surface area contributed by atoms with Crippen molar-refractivity contribution in [2.24, 2.45) is 5.10 Å². The zero-order valence-electron chi connectivity index (χ0n) is 13.2. The Kier molecular flexibility index (Phi) is 4.74. The summed E-state index contributed by atoms with van der Waals surface area (Å²) in [5.74, 6) is -0.531. The molecule has 0 atom stereocenters. The number of amides is 1. The lowest BCUT2D eigenvalue weighted by Crippen LogP contribution is -2.25. The molecule has 0 aliphatic rings. The molecular formula is C16H12N6O4. The molecule has 1 amide bonds. The van der Waals surface area contributed by atoms with Gasteiger partial charge in [0, 0.05) is 18.3 Å². The van der Waals surface area contributed by atoms with Gasteiger partial charge in [-0.3, -0.25) is 19.7 Å². The Morgan fingerprint density at radius 1 is 1.31 bits per heavy atom. The molecule has 3 aromatic rings. The van der Waals surface area contributed by atoms with Gasteiger partial charge in [0.1, 0.15) is 5.69 Å². The number of nitrogens with zero attached hydrogens (tertiary/aromatic N) is 4. The number of carbonyl (C=O) groups excluding carboxylic acids is 1. The Balaban J connectivity index is 1.64. The molecule has 2 heterocycles. The molecule has 0 unspecified atom stereocenters. The zero-order valence-corrected chi connectivity index (χ0v) is 13.2. The highest BCUT2D eigenvalue weighted by molar-refractivity contribution is 5.83. The van der Waals surface area contributed by atoms with Crippen molar-refractivity contribution in [1.82, 2.24) is 20.4 Å². The average molecular weight is 352 g/mol. The number of hydrazone groups is 1. The van der Waals surface area contributed by atoms with E-state index in [1.807, 2.05) is 0 Å². The molecule has 0 aliphatic heterocycles. The van der Waals surface area contributed by atoms with Crippen LogP contribution in [-0.4, -0.2) is 32.0 Å². The first-order chi connectivity index (χ1) is 12.5. The van der Waals surface area contributed by atoms with E-state index in [1.54, 1.807) is 12.1 Å². The van der Waals surface area contributed by atoms with Gasteiger partial charge in [0.2, 0.25) is 5.91 Å². The third-order valence-electron chi connectivity index (χ3n) is 3.37. The van der Waals surface area contributed by atoms with E-state index in [0.717, 1.165) is 0 Å². The van der Waals surface area contributed by atoms with Crippen LogP contribution in [0.25, 0.3) is 11.2 Å². The van der Waals surface area contributed by atoms with E-state index in [1.165, 1.54) is 36.7 Å². The van der Waals surface area contributed by atoms with Crippen LogP contribution in [0.4, 0.5) is 5.69 Å². The first-order valence-corrected chi connectivity index (χ1v) is 7.43. The second-order valence-corrected chi connectivity index (χ2v) is 5.21. The lowest BCUT2D eigenvalue weighted by atomic mass is 10.2. The fourth-order valence-corrected chi connectivity index (χ4v) is 2.13. The topological polar surface area (TPSA) is 143 Å². The van der Waals surface area contributed by atoms with Gasteiger partial charge in [-0.1, -0.05) is 0 Å². The minimum Gasteiger partial charge on any atom is -0.318 e. The highest BCUT2D eigenvalue weighted by atomic mass is 16.6. The number of hydrogen-bond acceptors (Lipinski definition) is 7. The van der Waals surface area contributed by atoms with Crippen molar-refractivity contribution >= 4 is 29.0 Å². The number of H-pyrrole nitrogens is 1. The van der Waals surface area contributed by atoms with Crippen molar-refractivity contribution in [2.75, 3.05) is 0 Å². The molecule has 1 aromatic carbocycles. The van der Waals surface area contributed by atoms with Gasteiger partial charge in [-0.15, -0.1) is 0 Å². The summed E-state index contributed by atoms with van der Waals surface area (Å²) in [6.45, 7) is 0.